The molecule has 0 N–H and O–H groups in total. The summed E-state index contributed by atoms with van der Waals surface area (Å²) in [6.07, 6.45) is 4.13. The summed E-state index contributed by atoms with van der Waals surface area (Å²) in [7, 11) is 7.32. The first-order valence-electron chi connectivity index (χ1n) is 6.82. The van der Waals surface area contributed by atoms with E-state index < -0.39 is 0 Å². The van der Waals surface area contributed by atoms with Gasteiger partial charge in [-0.25, -0.2) is 0 Å². The third-order valence-corrected chi connectivity index (χ3v) is 3.58. The standard InChI is InChI=1S/C17H22N2O2/c1-13-7-6-10-18(2)19(3)12-15(13)14-8-9-16(20-4)17(11-14)21-5/h6-12H,1-5H3. The van der Waals surface area contributed by atoms with Gasteiger partial charge in [-0.1, -0.05) is 12.1 Å². The van der Waals surface area contributed by atoms with Crippen molar-refractivity contribution in [1.82, 2.24) is 9.36 Å². The lowest BCUT2D eigenvalue weighted by Crippen LogP contribution is -2.06. The van der Waals surface area contributed by atoms with Gasteiger partial charge in [0, 0.05) is 32.1 Å². The molecule has 4 heteroatoms. The van der Waals surface area contributed by atoms with E-state index in [9.17, 15) is 0 Å². The minimum atomic E-state index is 0.734. The number of aromatic nitrogens is 2. The van der Waals surface area contributed by atoms with Crippen LogP contribution in [0.4, 0.5) is 0 Å². The van der Waals surface area contributed by atoms with E-state index in [1.54, 1.807) is 14.2 Å². The van der Waals surface area contributed by atoms with Gasteiger partial charge in [0.1, 0.15) is 0 Å². The van der Waals surface area contributed by atoms with E-state index in [0.29, 0.717) is 0 Å². The molecule has 0 radical (unpaired) electrons. The van der Waals surface area contributed by atoms with Crippen molar-refractivity contribution in [2.45, 2.75) is 6.92 Å². The second-order valence-electron chi connectivity index (χ2n) is 4.95. The number of methoxy groups -OCH3 is 2. The van der Waals surface area contributed by atoms with Crippen molar-refractivity contribution >= 4 is 0 Å². The minimum Gasteiger partial charge on any atom is -0.493 e. The fraction of sp³-hybridized carbons (Fsp3) is 0.294. The lowest BCUT2D eigenvalue weighted by molar-refractivity contribution is 0.355. The van der Waals surface area contributed by atoms with Gasteiger partial charge in [0.15, 0.2) is 11.5 Å². The Labute approximate surface area is 125 Å². The molecule has 0 saturated heterocycles. The summed E-state index contributed by atoms with van der Waals surface area (Å²) in [4.78, 5) is 0. The maximum atomic E-state index is 5.40. The third-order valence-electron chi connectivity index (χ3n) is 3.58. The summed E-state index contributed by atoms with van der Waals surface area (Å²) >= 11 is 0. The lowest BCUT2D eigenvalue weighted by atomic mass is 10.0. The van der Waals surface area contributed by atoms with Crippen molar-refractivity contribution in [2.24, 2.45) is 14.1 Å². The van der Waals surface area contributed by atoms with E-state index >= 15 is 0 Å². The average Bonchev–Trinajstić information content (AvgIpc) is 2.50. The number of ether oxygens (including phenoxy) is 2. The Balaban J connectivity index is 2.66. The molecule has 0 bridgehead atoms. The van der Waals surface area contributed by atoms with Crippen LogP contribution in [0.5, 0.6) is 11.5 Å². The summed E-state index contributed by atoms with van der Waals surface area (Å²) in [5, 5.41) is 0. The van der Waals surface area contributed by atoms with Gasteiger partial charge in [0.2, 0.25) is 0 Å². The van der Waals surface area contributed by atoms with Gasteiger partial charge < -0.3 is 9.47 Å². The summed E-state index contributed by atoms with van der Waals surface area (Å²) in [6.45, 7) is 2.10. The molecule has 0 aliphatic heterocycles. The number of hydrogen-bond donors (Lipinski definition) is 0. The van der Waals surface area contributed by atoms with Crippen LogP contribution in [0.2, 0.25) is 0 Å². The molecule has 21 heavy (non-hydrogen) atoms. The quantitative estimate of drug-likeness (QED) is 0.864. The zero-order valence-electron chi connectivity index (χ0n) is 13.3. The highest BCUT2D eigenvalue weighted by Gasteiger charge is 2.07. The Morgan fingerprint density at radius 2 is 1.62 bits per heavy atom. The van der Waals surface area contributed by atoms with Gasteiger partial charge in [-0.2, -0.15) is 0 Å². The molecule has 0 unspecified atom stereocenters. The van der Waals surface area contributed by atoms with Crippen LogP contribution in [0.15, 0.2) is 42.7 Å². The molecular formula is C17H22N2O2. The normalized spacial score (nSPS) is 10.1. The van der Waals surface area contributed by atoms with Gasteiger partial charge in [-0.3, -0.25) is 9.36 Å². The highest BCUT2D eigenvalue weighted by atomic mass is 16.5. The van der Waals surface area contributed by atoms with Gasteiger partial charge >= 0.3 is 0 Å². The van der Waals surface area contributed by atoms with Crippen LogP contribution in [0.1, 0.15) is 5.56 Å². The predicted octanol–water partition coefficient (Wildman–Crippen LogP) is 3.48. The number of benzene rings is 1. The Morgan fingerprint density at radius 1 is 0.905 bits per heavy atom. The molecule has 0 aliphatic carbocycles. The smallest absolute Gasteiger partial charge is 0.161 e. The number of rotatable bonds is 3. The maximum absolute atomic E-state index is 5.40. The Morgan fingerprint density at radius 3 is 2.29 bits per heavy atom. The van der Waals surface area contributed by atoms with E-state index in [0.717, 1.165) is 22.6 Å². The Bertz CT molecular complexity index is 682. The lowest BCUT2D eigenvalue weighted by Gasteiger charge is -2.13. The highest BCUT2D eigenvalue weighted by molar-refractivity contribution is 5.69. The first kappa shape index (κ1) is 15.0. The molecule has 2 aromatic rings. The molecule has 0 saturated carbocycles. The van der Waals surface area contributed by atoms with Crippen LogP contribution in [-0.4, -0.2) is 23.6 Å². The largest absolute Gasteiger partial charge is 0.493 e. The van der Waals surface area contributed by atoms with Crippen LogP contribution < -0.4 is 9.47 Å². The second-order valence-corrected chi connectivity index (χ2v) is 4.95. The number of nitrogens with zero attached hydrogens (tertiary/aromatic N) is 2. The second kappa shape index (κ2) is 6.39. The SMILES string of the molecule is COc1ccc(-c2cn(C)n(C)cccc2C)cc1OC. The van der Waals surface area contributed by atoms with Crippen LogP contribution in [-0.2, 0) is 14.1 Å². The predicted molar refractivity (Wildman–Crippen MR) is 85.3 cm³/mol. The molecule has 0 aliphatic rings. The van der Waals surface area contributed by atoms with Gasteiger partial charge in [0.25, 0.3) is 0 Å². The fourth-order valence-corrected chi connectivity index (χ4v) is 2.19. The molecule has 112 valence electrons. The van der Waals surface area contributed by atoms with E-state index in [2.05, 4.69) is 19.2 Å². The van der Waals surface area contributed by atoms with Gasteiger partial charge in [-0.05, 0) is 36.2 Å². The Hall–Kier alpha value is -2.36. The maximum Gasteiger partial charge on any atom is 0.161 e. The Kier molecular flexibility index (Phi) is 4.58. The van der Waals surface area contributed by atoms with Gasteiger partial charge in [0.05, 0.1) is 14.2 Å². The fourth-order valence-electron chi connectivity index (χ4n) is 2.19. The van der Waals surface area contributed by atoms with Crippen molar-refractivity contribution in [3.63, 3.8) is 0 Å². The number of hydrogen-bond acceptors (Lipinski definition) is 2. The number of aryl methyl sites for hydroxylation is 3. The molecule has 0 atom stereocenters. The topological polar surface area (TPSA) is 28.3 Å². The van der Waals surface area contributed by atoms with Crippen molar-refractivity contribution in [1.29, 1.82) is 0 Å². The van der Waals surface area contributed by atoms with E-state index in [1.165, 1.54) is 5.56 Å². The first-order valence-corrected chi connectivity index (χ1v) is 6.82. The minimum absolute atomic E-state index is 0.734. The van der Waals surface area contributed by atoms with E-state index in [-0.39, 0.29) is 0 Å². The van der Waals surface area contributed by atoms with Crippen molar-refractivity contribution < 1.29 is 9.47 Å². The molecule has 0 fully saturated rings. The van der Waals surface area contributed by atoms with E-state index in [4.69, 9.17) is 9.47 Å². The summed E-state index contributed by atoms with van der Waals surface area (Å²) < 4.78 is 14.8. The van der Waals surface area contributed by atoms with Crippen molar-refractivity contribution in [3.8, 4) is 22.6 Å². The summed E-state index contributed by atoms with van der Waals surface area (Å²) in [5.41, 5.74) is 3.44. The third kappa shape index (κ3) is 3.21. The molecule has 2 rings (SSSR count). The monoisotopic (exact) mass is 286 g/mol. The van der Waals surface area contributed by atoms with Gasteiger partial charge in [-0.15, -0.1) is 0 Å². The zero-order chi connectivity index (χ0) is 15.4. The van der Waals surface area contributed by atoms with E-state index in [1.807, 2.05) is 53.9 Å². The molecular weight excluding hydrogens is 264 g/mol. The molecule has 0 spiro atoms. The highest BCUT2D eigenvalue weighted by Crippen LogP contribution is 2.32. The van der Waals surface area contributed by atoms with Crippen LogP contribution in [0.3, 0.4) is 0 Å². The molecule has 1 aromatic heterocycles. The average molecular weight is 286 g/mol. The molecule has 0 amide bonds. The zero-order valence-corrected chi connectivity index (χ0v) is 13.3. The summed E-state index contributed by atoms with van der Waals surface area (Å²) in [5.74, 6) is 1.47. The molecule has 4 nitrogen and oxygen atoms in total. The first-order chi connectivity index (χ1) is 10.1. The van der Waals surface area contributed by atoms with Crippen LogP contribution >= 0.6 is 0 Å². The van der Waals surface area contributed by atoms with Crippen molar-refractivity contribution in [3.05, 3.63) is 48.3 Å². The summed E-state index contributed by atoms with van der Waals surface area (Å²) in [6, 6.07) is 10.1. The van der Waals surface area contributed by atoms with Crippen LogP contribution in [0, 0.1) is 6.92 Å². The van der Waals surface area contributed by atoms with Crippen molar-refractivity contribution in [2.75, 3.05) is 14.2 Å². The van der Waals surface area contributed by atoms with Crippen LogP contribution in [0.25, 0.3) is 11.1 Å². The molecule has 1 aromatic carbocycles. The molecule has 1 heterocycles.